The average molecular weight is 301 g/mol. The van der Waals surface area contributed by atoms with Gasteiger partial charge >= 0.3 is 5.97 Å². The van der Waals surface area contributed by atoms with Gasteiger partial charge in [-0.05, 0) is 24.6 Å². The summed E-state index contributed by atoms with van der Waals surface area (Å²) in [4.78, 5) is 25.4. The van der Waals surface area contributed by atoms with E-state index in [0.29, 0.717) is 11.3 Å². The van der Waals surface area contributed by atoms with Gasteiger partial charge in [-0.3, -0.25) is 9.59 Å². The van der Waals surface area contributed by atoms with Crippen LogP contribution in [0.5, 0.6) is 0 Å². The lowest BCUT2D eigenvalue weighted by atomic mass is 10.1. The Hall–Kier alpha value is -2.55. The van der Waals surface area contributed by atoms with Crippen LogP contribution in [0, 0.1) is 17.2 Å². The van der Waals surface area contributed by atoms with Gasteiger partial charge in [0, 0.05) is 19.5 Å². The summed E-state index contributed by atoms with van der Waals surface area (Å²) in [6.45, 7) is 3.09. The molecule has 1 amide bonds. The highest BCUT2D eigenvalue weighted by Crippen LogP contribution is 2.32. The third kappa shape index (κ3) is 3.19. The van der Waals surface area contributed by atoms with E-state index < -0.39 is 5.92 Å². The van der Waals surface area contributed by atoms with Gasteiger partial charge in [-0.25, -0.2) is 0 Å². The molecule has 1 aliphatic heterocycles. The van der Waals surface area contributed by atoms with Crippen LogP contribution in [-0.4, -0.2) is 32.1 Å². The summed E-state index contributed by atoms with van der Waals surface area (Å²) in [5.41, 5.74) is 1.91. The molecule has 1 aromatic carbocycles. The topological polar surface area (TPSA) is 82.4 Å². The number of anilines is 2. The van der Waals surface area contributed by atoms with Crippen molar-refractivity contribution in [3.05, 3.63) is 23.8 Å². The Morgan fingerprint density at radius 1 is 1.55 bits per heavy atom. The molecule has 1 atom stereocenters. The smallest absolute Gasteiger partial charge is 0.311 e. The number of benzene rings is 1. The molecule has 1 heterocycles. The van der Waals surface area contributed by atoms with Gasteiger partial charge in [0.25, 0.3) is 0 Å². The summed E-state index contributed by atoms with van der Waals surface area (Å²) < 4.78 is 4.72. The van der Waals surface area contributed by atoms with Gasteiger partial charge in [-0.2, -0.15) is 5.26 Å². The number of hydrogen-bond acceptors (Lipinski definition) is 5. The van der Waals surface area contributed by atoms with E-state index in [0.717, 1.165) is 18.7 Å². The highest BCUT2D eigenvalue weighted by Gasteiger charge is 2.36. The second-order valence-electron chi connectivity index (χ2n) is 5.20. The standard InChI is InChI=1S/C16H19N3O3/c1-3-6-18-13-5-4-11(9-17)7-14(13)19-10-12(8-15(19)20)16(21)22-2/h4-5,7,12,18H,3,6,8,10H2,1-2H3. The molecule has 0 radical (unpaired) electrons. The molecular formula is C16H19N3O3. The zero-order chi connectivity index (χ0) is 16.1. The third-order valence-corrected chi connectivity index (χ3v) is 3.64. The maximum Gasteiger partial charge on any atom is 0.311 e. The number of nitrogens with one attached hydrogen (secondary N) is 1. The highest BCUT2D eigenvalue weighted by molar-refractivity contribution is 6.02. The Labute approximate surface area is 129 Å². The second-order valence-corrected chi connectivity index (χ2v) is 5.20. The van der Waals surface area contributed by atoms with Crippen LogP contribution in [0.3, 0.4) is 0 Å². The molecule has 0 aromatic heterocycles. The van der Waals surface area contributed by atoms with Crippen molar-refractivity contribution in [3.8, 4) is 6.07 Å². The predicted octanol–water partition coefficient (Wildman–Crippen LogP) is 1.91. The molecule has 1 saturated heterocycles. The van der Waals surface area contributed by atoms with Crippen molar-refractivity contribution in [2.75, 3.05) is 30.4 Å². The lowest BCUT2D eigenvalue weighted by molar-refractivity contribution is -0.145. The molecule has 0 saturated carbocycles. The van der Waals surface area contributed by atoms with E-state index in [9.17, 15) is 9.59 Å². The van der Waals surface area contributed by atoms with Crippen LogP contribution in [0.25, 0.3) is 0 Å². The summed E-state index contributed by atoms with van der Waals surface area (Å²) in [7, 11) is 1.32. The molecule has 0 aliphatic carbocycles. The summed E-state index contributed by atoms with van der Waals surface area (Å²) in [5.74, 6) is -0.970. The zero-order valence-corrected chi connectivity index (χ0v) is 12.8. The molecule has 1 fully saturated rings. The molecule has 1 aliphatic rings. The lowest BCUT2D eigenvalue weighted by Gasteiger charge is -2.21. The van der Waals surface area contributed by atoms with Crippen LogP contribution < -0.4 is 10.2 Å². The number of methoxy groups -OCH3 is 1. The summed E-state index contributed by atoms with van der Waals surface area (Å²) >= 11 is 0. The third-order valence-electron chi connectivity index (χ3n) is 3.64. The van der Waals surface area contributed by atoms with Gasteiger partial charge in [-0.1, -0.05) is 6.92 Å². The number of amides is 1. The molecule has 6 heteroatoms. The van der Waals surface area contributed by atoms with Crippen LogP contribution in [-0.2, 0) is 14.3 Å². The SMILES string of the molecule is CCCNc1ccc(C#N)cc1N1CC(C(=O)OC)CC1=O. The quantitative estimate of drug-likeness (QED) is 0.840. The minimum absolute atomic E-state index is 0.134. The molecule has 0 bridgehead atoms. The first-order valence-corrected chi connectivity index (χ1v) is 7.27. The van der Waals surface area contributed by atoms with Crippen molar-refractivity contribution in [2.45, 2.75) is 19.8 Å². The van der Waals surface area contributed by atoms with Crippen LogP contribution in [0.4, 0.5) is 11.4 Å². The van der Waals surface area contributed by atoms with Crippen molar-refractivity contribution in [1.29, 1.82) is 5.26 Å². The van der Waals surface area contributed by atoms with Gasteiger partial charge in [-0.15, -0.1) is 0 Å². The molecule has 1 aromatic rings. The monoisotopic (exact) mass is 301 g/mol. The van der Waals surface area contributed by atoms with Crippen LogP contribution >= 0.6 is 0 Å². The van der Waals surface area contributed by atoms with Crippen molar-refractivity contribution >= 4 is 23.3 Å². The normalized spacial score (nSPS) is 17.2. The summed E-state index contributed by atoms with van der Waals surface area (Å²) in [6.07, 6.45) is 1.08. The number of esters is 1. The first kappa shape index (κ1) is 15.8. The van der Waals surface area contributed by atoms with Crippen LogP contribution in [0.2, 0.25) is 0 Å². The van der Waals surface area contributed by atoms with Gasteiger partial charge < -0.3 is 15.0 Å². The maximum absolute atomic E-state index is 12.2. The fourth-order valence-electron chi connectivity index (χ4n) is 2.50. The van der Waals surface area contributed by atoms with Gasteiger partial charge in [0.1, 0.15) is 0 Å². The van der Waals surface area contributed by atoms with Crippen LogP contribution in [0.1, 0.15) is 25.3 Å². The van der Waals surface area contributed by atoms with E-state index in [1.807, 2.05) is 6.92 Å². The van der Waals surface area contributed by atoms with E-state index >= 15 is 0 Å². The highest BCUT2D eigenvalue weighted by atomic mass is 16.5. The summed E-state index contributed by atoms with van der Waals surface area (Å²) in [6, 6.07) is 7.25. The Balaban J connectivity index is 2.31. The predicted molar refractivity (Wildman–Crippen MR) is 82.4 cm³/mol. The van der Waals surface area contributed by atoms with E-state index in [1.165, 1.54) is 7.11 Å². The number of ether oxygens (including phenoxy) is 1. The molecule has 116 valence electrons. The minimum Gasteiger partial charge on any atom is -0.469 e. The number of carbonyl (C=O) groups excluding carboxylic acids is 2. The van der Waals surface area contributed by atoms with Gasteiger partial charge in [0.05, 0.1) is 36.0 Å². The Morgan fingerprint density at radius 3 is 2.95 bits per heavy atom. The molecule has 1 N–H and O–H groups in total. The molecule has 1 unspecified atom stereocenters. The van der Waals surface area contributed by atoms with E-state index in [-0.39, 0.29) is 24.8 Å². The Morgan fingerprint density at radius 2 is 2.32 bits per heavy atom. The molecule has 22 heavy (non-hydrogen) atoms. The maximum atomic E-state index is 12.2. The van der Waals surface area contributed by atoms with E-state index in [4.69, 9.17) is 10.00 Å². The minimum atomic E-state index is -0.456. The van der Waals surface area contributed by atoms with Gasteiger partial charge in [0.2, 0.25) is 5.91 Å². The number of hydrogen-bond donors (Lipinski definition) is 1. The first-order valence-electron chi connectivity index (χ1n) is 7.27. The largest absolute Gasteiger partial charge is 0.469 e. The van der Waals surface area contributed by atoms with Crippen molar-refractivity contribution in [3.63, 3.8) is 0 Å². The summed E-state index contributed by atoms with van der Waals surface area (Å²) in [5, 5.41) is 12.3. The Bertz CT molecular complexity index is 622. The average Bonchev–Trinajstić information content (AvgIpc) is 2.93. The van der Waals surface area contributed by atoms with Gasteiger partial charge in [0.15, 0.2) is 0 Å². The fraction of sp³-hybridized carbons (Fsp3) is 0.438. The molecule has 6 nitrogen and oxygen atoms in total. The number of nitrogens with zero attached hydrogens (tertiary/aromatic N) is 2. The molecule has 0 spiro atoms. The van der Waals surface area contributed by atoms with E-state index in [2.05, 4.69) is 11.4 Å². The fourth-order valence-corrected chi connectivity index (χ4v) is 2.50. The number of rotatable bonds is 5. The second kappa shape index (κ2) is 6.94. The number of nitriles is 1. The Kier molecular flexibility index (Phi) is 4.99. The van der Waals surface area contributed by atoms with Crippen LogP contribution in [0.15, 0.2) is 18.2 Å². The van der Waals surface area contributed by atoms with Crippen molar-refractivity contribution in [1.82, 2.24) is 0 Å². The first-order chi connectivity index (χ1) is 10.6. The van der Waals surface area contributed by atoms with E-state index in [1.54, 1.807) is 23.1 Å². The molecule has 2 rings (SSSR count). The molecular weight excluding hydrogens is 282 g/mol. The van der Waals surface area contributed by atoms with Crippen molar-refractivity contribution in [2.24, 2.45) is 5.92 Å². The van der Waals surface area contributed by atoms with Crippen molar-refractivity contribution < 1.29 is 14.3 Å². The zero-order valence-electron chi connectivity index (χ0n) is 12.8. The number of carbonyl (C=O) groups is 2. The lowest BCUT2D eigenvalue weighted by Crippen LogP contribution is -2.27.